The number of carbonyl (C=O) groups is 2. The number of phenolic OH excluding ortho intramolecular Hbond substituents is 1. The van der Waals surface area contributed by atoms with E-state index in [2.05, 4.69) is 0 Å². The number of methoxy groups -OCH3 is 3. The molecule has 4 rings (SSSR count). The van der Waals surface area contributed by atoms with Crippen LogP contribution in [0, 0.1) is 6.92 Å². The van der Waals surface area contributed by atoms with Crippen LogP contribution >= 0.6 is 0 Å². The molecule has 0 aliphatic carbocycles. The SMILES string of the molecule is CCCOc1ccc(/C(O)=C2\C(=O)C(=O)N(c3ccccc3O)C2c2cc(OC)c(OC)c(OC)c2)cc1C. The molecule has 0 spiro atoms. The summed E-state index contributed by atoms with van der Waals surface area (Å²) >= 11 is 0. The highest BCUT2D eigenvalue weighted by Gasteiger charge is 2.48. The number of aryl methyl sites for hydroxylation is 1. The molecule has 1 saturated heterocycles. The van der Waals surface area contributed by atoms with Gasteiger partial charge < -0.3 is 29.2 Å². The Hall–Kier alpha value is -4.66. The number of nitrogens with zero attached hydrogens (tertiary/aromatic N) is 1. The number of aromatic hydroxyl groups is 1. The van der Waals surface area contributed by atoms with E-state index < -0.39 is 17.7 Å². The van der Waals surface area contributed by atoms with Crippen LogP contribution in [-0.2, 0) is 9.59 Å². The number of hydrogen-bond acceptors (Lipinski definition) is 8. The molecule has 2 N–H and O–H groups in total. The number of ether oxygens (including phenoxy) is 4. The summed E-state index contributed by atoms with van der Waals surface area (Å²) in [4.78, 5) is 28.2. The zero-order valence-electron chi connectivity index (χ0n) is 22.5. The van der Waals surface area contributed by atoms with Gasteiger partial charge >= 0.3 is 0 Å². The Kier molecular flexibility index (Phi) is 7.99. The number of aliphatic hydroxyl groups is 1. The Morgan fingerprint density at radius 3 is 2.15 bits per heavy atom. The highest BCUT2D eigenvalue weighted by Crippen LogP contribution is 2.48. The second kappa shape index (κ2) is 11.4. The van der Waals surface area contributed by atoms with E-state index >= 15 is 0 Å². The van der Waals surface area contributed by atoms with Crippen molar-refractivity contribution in [3.05, 3.63) is 76.9 Å². The number of carbonyl (C=O) groups excluding carboxylic acids is 2. The lowest BCUT2D eigenvalue weighted by Gasteiger charge is -2.27. The first-order valence-corrected chi connectivity index (χ1v) is 12.4. The molecule has 0 saturated carbocycles. The van der Waals surface area contributed by atoms with Gasteiger partial charge in [0.1, 0.15) is 17.3 Å². The van der Waals surface area contributed by atoms with Crippen molar-refractivity contribution in [3.63, 3.8) is 0 Å². The van der Waals surface area contributed by atoms with Crippen LogP contribution in [0.3, 0.4) is 0 Å². The summed E-state index contributed by atoms with van der Waals surface area (Å²) < 4.78 is 22.2. The molecule has 0 radical (unpaired) electrons. The summed E-state index contributed by atoms with van der Waals surface area (Å²) in [5.74, 6) is -0.813. The van der Waals surface area contributed by atoms with Gasteiger partial charge in [0.05, 0.1) is 45.2 Å². The fraction of sp³-hybridized carbons (Fsp3) is 0.267. The van der Waals surface area contributed by atoms with Gasteiger partial charge in [-0.05, 0) is 66.9 Å². The average Bonchev–Trinajstić information content (AvgIpc) is 3.21. The summed E-state index contributed by atoms with van der Waals surface area (Å²) in [6.07, 6.45) is 0.839. The molecule has 1 heterocycles. The number of ketones is 1. The second-order valence-electron chi connectivity index (χ2n) is 8.95. The summed E-state index contributed by atoms with van der Waals surface area (Å²) in [7, 11) is 4.36. The lowest BCUT2D eigenvalue weighted by Crippen LogP contribution is -2.29. The summed E-state index contributed by atoms with van der Waals surface area (Å²) in [5.41, 5.74) is 1.44. The molecule has 1 fully saturated rings. The van der Waals surface area contributed by atoms with Gasteiger partial charge in [0.25, 0.3) is 11.7 Å². The molecule has 9 heteroatoms. The first-order valence-electron chi connectivity index (χ1n) is 12.4. The van der Waals surface area contributed by atoms with Crippen molar-refractivity contribution in [2.75, 3.05) is 32.8 Å². The predicted octanol–water partition coefficient (Wildman–Crippen LogP) is 5.14. The van der Waals surface area contributed by atoms with E-state index in [1.54, 1.807) is 42.5 Å². The van der Waals surface area contributed by atoms with Gasteiger partial charge in [-0.3, -0.25) is 14.5 Å². The summed E-state index contributed by atoms with van der Waals surface area (Å²) in [5, 5.41) is 22.1. The second-order valence-corrected chi connectivity index (χ2v) is 8.95. The van der Waals surface area contributed by atoms with Crippen LogP contribution in [0.15, 0.2) is 60.2 Å². The van der Waals surface area contributed by atoms with Crippen molar-refractivity contribution in [2.45, 2.75) is 26.3 Å². The molecular formula is C30H31NO8. The number of benzene rings is 3. The van der Waals surface area contributed by atoms with Crippen molar-refractivity contribution >= 4 is 23.1 Å². The molecule has 0 aromatic heterocycles. The van der Waals surface area contributed by atoms with Crippen molar-refractivity contribution in [3.8, 4) is 28.7 Å². The zero-order valence-corrected chi connectivity index (χ0v) is 22.5. The van der Waals surface area contributed by atoms with Crippen molar-refractivity contribution in [1.82, 2.24) is 0 Å². The van der Waals surface area contributed by atoms with E-state index in [1.165, 1.54) is 33.5 Å². The van der Waals surface area contributed by atoms with E-state index in [4.69, 9.17) is 18.9 Å². The molecule has 1 atom stereocenters. The maximum absolute atomic E-state index is 13.5. The van der Waals surface area contributed by atoms with Crippen molar-refractivity contribution in [2.24, 2.45) is 0 Å². The van der Waals surface area contributed by atoms with Gasteiger partial charge in [0, 0.05) is 5.56 Å². The van der Waals surface area contributed by atoms with Crippen LogP contribution < -0.4 is 23.8 Å². The lowest BCUT2D eigenvalue weighted by atomic mass is 9.94. The molecule has 1 aliphatic heterocycles. The third-order valence-corrected chi connectivity index (χ3v) is 6.50. The standard InChI is InChI=1S/C30H31NO8/c1-6-13-39-22-12-11-18(14-17(22)2)27(33)25-26(19-15-23(36-3)29(38-5)24(16-19)37-4)31(30(35)28(25)34)20-9-7-8-10-21(20)32/h7-12,14-16,26,32-33H,6,13H2,1-5H3/b27-25+. The lowest BCUT2D eigenvalue weighted by molar-refractivity contribution is -0.132. The fourth-order valence-electron chi connectivity index (χ4n) is 4.65. The van der Waals surface area contributed by atoms with E-state index in [1.807, 2.05) is 13.8 Å². The average molecular weight is 534 g/mol. The van der Waals surface area contributed by atoms with Crippen LogP contribution in [0.5, 0.6) is 28.7 Å². The third-order valence-electron chi connectivity index (χ3n) is 6.50. The largest absolute Gasteiger partial charge is 0.507 e. The maximum atomic E-state index is 13.5. The predicted molar refractivity (Wildman–Crippen MR) is 146 cm³/mol. The maximum Gasteiger partial charge on any atom is 0.300 e. The number of phenols is 1. The van der Waals surface area contributed by atoms with E-state index in [-0.39, 0.29) is 22.8 Å². The minimum Gasteiger partial charge on any atom is -0.507 e. The van der Waals surface area contributed by atoms with E-state index in [0.717, 1.165) is 16.9 Å². The van der Waals surface area contributed by atoms with Gasteiger partial charge in [-0.2, -0.15) is 0 Å². The number of hydrogen-bond donors (Lipinski definition) is 2. The van der Waals surface area contributed by atoms with Crippen LogP contribution in [0.25, 0.3) is 5.76 Å². The number of amides is 1. The van der Waals surface area contributed by atoms with Gasteiger partial charge in [0.15, 0.2) is 11.5 Å². The van der Waals surface area contributed by atoms with Gasteiger partial charge in [-0.25, -0.2) is 0 Å². The molecule has 39 heavy (non-hydrogen) atoms. The summed E-state index contributed by atoms with van der Waals surface area (Å²) in [6, 6.07) is 13.3. The normalized spacial score (nSPS) is 16.3. The Labute approximate surface area is 226 Å². The highest BCUT2D eigenvalue weighted by atomic mass is 16.5. The smallest absolute Gasteiger partial charge is 0.300 e. The molecule has 1 unspecified atom stereocenters. The molecule has 0 bridgehead atoms. The molecule has 9 nitrogen and oxygen atoms in total. The molecule has 3 aromatic rings. The molecule has 1 aliphatic rings. The van der Waals surface area contributed by atoms with Crippen LogP contribution in [-0.4, -0.2) is 49.8 Å². The highest BCUT2D eigenvalue weighted by molar-refractivity contribution is 6.52. The third kappa shape index (κ3) is 4.95. The van der Waals surface area contributed by atoms with Crippen molar-refractivity contribution in [1.29, 1.82) is 0 Å². The topological polar surface area (TPSA) is 115 Å². The first kappa shape index (κ1) is 27.4. The quantitative estimate of drug-likeness (QED) is 0.221. The van der Waals surface area contributed by atoms with E-state index in [9.17, 15) is 19.8 Å². The Balaban J connectivity index is 1.98. The molecular weight excluding hydrogens is 502 g/mol. The van der Waals surface area contributed by atoms with Crippen molar-refractivity contribution < 1.29 is 38.7 Å². The summed E-state index contributed by atoms with van der Waals surface area (Å²) in [6.45, 7) is 4.38. The zero-order chi connectivity index (χ0) is 28.3. The van der Waals surface area contributed by atoms with Gasteiger partial charge in [-0.15, -0.1) is 0 Å². The molecule has 204 valence electrons. The number of anilines is 1. The van der Waals surface area contributed by atoms with Crippen LogP contribution in [0.2, 0.25) is 0 Å². The molecule has 3 aromatic carbocycles. The Morgan fingerprint density at radius 2 is 1.59 bits per heavy atom. The monoisotopic (exact) mass is 533 g/mol. The van der Waals surface area contributed by atoms with Gasteiger partial charge in [-0.1, -0.05) is 19.1 Å². The number of aliphatic hydroxyl groups excluding tert-OH is 1. The Morgan fingerprint density at radius 1 is 0.923 bits per heavy atom. The number of Topliss-reactive ketones (excluding diaryl/α,β-unsaturated/α-hetero) is 1. The minimum atomic E-state index is -1.12. The fourth-order valence-corrected chi connectivity index (χ4v) is 4.65. The first-order chi connectivity index (χ1) is 18.8. The minimum absolute atomic E-state index is 0.108. The molecule has 1 amide bonds. The number of rotatable bonds is 9. The van der Waals surface area contributed by atoms with E-state index in [0.29, 0.717) is 40.7 Å². The van der Waals surface area contributed by atoms with Crippen LogP contribution in [0.1, 0.15) is 36.1 Å². The van der Waals surface area contributed by atoms with Crippen LogP contribution in [0.4, 0.5) is 5.69 Å². The van der Waals surface area contributed by atoms with Gasteiger partial charge in [0.2, 0.25) is 5.75 Å². The number of para-hydroxylation sites is 2. The Bertz CT molecular complexity index is 1420.